The van der Waals surface area contributed by atoms with E-state index in [1.807, 2.05) is 30.3 Å². The summed E-state index contributed by atoms with van der Waals surface area (Å²) in [6.07, 6.45) is 1.15. The van der Waals surface area contributed by atoms with Crippen LogP contribution in [0.3, 0.4) is 0 Å². The Labute approximate surface area is 122 Å². The number of anilines is 3. The monoisotopic (exact) mass is 268 g/mol. The molecule has 0 saturated carbocycles. The third kappa shape index (κ3) is 3.77. The smallest absolute Gasteiger partial charge is 0.0388 e. The number of benzene rings is 2. The maximum Gasteiger partial charge on any atom is 0.0388 e. The Bertz CT molecular complexity index is 547. The fraction of sp³-hybridized carbons (Fsp3) is 0.333. The van der Waals surface area contributed by atoms with Gasteiger partial charge in [-0.05, 0) is 54.2 Å². The summed E-state index contributed by atoms with van der Waals surface area (Å²) in [4.78, 5) is 0. The van der Waals surface area contributed by atoms with Gasteiger partial charge in [-0.15, -0.1) is 0 Å². The van der Waals surface area contributed by atoms with Gasteiger partial charge in [0.25, 0.3) is 0 Å². The van der Waals surface area contributed by atoms with Crippen LogP contribution < -0.4 is 11.1 Å². The van der Waals surface area contributed by atoms with Gasteiger partial charge < -0.3 is 11.1 Å². The van der Waals surface area contributed by atoms with Crippen molar-refractivity contribution in [3.63, 3.8) is 0 Å². The van der Waals surface area contributed by atoms with E-state index in [0.29, 0.717) is 11.8 Å². The number of hydrogen-bond acceptors (Lipinski definition) is 2. The van der Waals surface area contributed by atoms with Crippen molar-refractivity contribution in [2.45, 2.75) is 33.1 Å². The molecule has 0 aliphatic heterocycles. The minimum atomic E-state index is 0.479. The Morgan fingerprint density at radius 3 is 2.30 bits per heavy atom. The molecule has 2 aromatic carbocycles. The Hall–Kier alpha value is -1.96. The molecule has 0 bridgehead atoms. The van der Waals surface area contributed by atoms with Crippen molar-refractivity contribution in [2.24, 2.45) is 5.92 Å². The minimum Gasteiger partial charge on any atom is -0.398 e. The van der Waals surface area contributed by atoms with Gasteiger partial charge in [0.2, 0.25) is 0 Å². The normalized spacial score (nSPS) is 12.4. The molecule has 0 heterocycles. The number of nitrogens with one attached hydrogen (secondary N) is 1. The van der Waals surface area contributed by atoms with E-state index in [-0.39, 0.29) is 0 Å². The molecule has 0 aliphatic carbocycles. The first-order valence-corrected chi connectivity index (χ1v) is 7.27. The van der Waals surface area contributed by atoms with Gasteiger partial charge in [-0.1, -0.05) is 39.0 Å². The largest absolute Gasteiger partial charge is 0.398 e. The van der Waals surface area contributed by atoms with E-state index in [9.17, 15) is 0 Å². The standard InChI is InChI=1S/C18H24N2/c1-13(2)11-14(3)17-12-16(9-10-18(17)19)20-15-7-5-4-6-8-15/h4-10,12-14,20H,11,19H2,1-3H3. The van der Waals surface area contributed by atoms with Gasteiger partial charge in [0.05, 0.1) is 0 Å². The molecule has 0 radical (unpaired) electrons. The molecule has 1 unspecified atom stereocenters. The zero-order valence-corrected chi connectivity index (χ0v) is 12.6. The summed E-state index contributed by atoms with van der Waals surface area (Å²) in [7, 11) is 0. The minimum absolute atomic E-state index is 0.479. The zero-order valence-electron chi connectivity index (χ0n) is 12.6. The molecule has 106 valence electrons. The van der Waals surface area contributed by atoms with Crippen LogP contribution in [-0.4, -0.2) is 0 Å². The summed E-state index contributed by atoms with van der Waals surface area (Å²) in [6, 6.07) is 16.4. The SMILES string of the molecule is CC(C)CC(C)c1cc(Nc2ccccc2)ccc1N. The van der Waals surface area contributed by atoms with E-state index in [1.54, 1.807) is 0 Å². The van der Waals surface area contributed by atoms with Crippen LogP contribution in [0.25, 0.3) is 0 Å². The molecule has 0 saturated heterocycles. The summed E-state index contributed by atoms with van der Waals surface area (Å²) < 4.78 is 0. The summed E-state index contributed by atoms with van der Waals surface area (Å²) in [5.74, 6) is 1.16. The highest BCUT2D eigenvalue weighted by Crippen LogP contribution is 2.31. The number of nitrogen functional groups attached to an aromatic ring is 1. The first-order chi connectivity index (χ1) is 9.56. The van der Waals surface area contributed by atoms with Crippen molar-refractivity contribution in [1.29, 1.82) is 0 Å². The molecule has 2 heteroatoms. The van der Waals surface area contributed by atoms with E-state index in [4.69, 9.17) is 5.73 Å². The first kappa shape index (κ1) is 14.4. The number of rotatable bonds is 5. The molecular formula is C18H24N2. The molecule has 3 N–H and O–H groups in total. The van der Waals surface area contributed by atoms with Crippen LogP contribution >= 0.6 is 0 Å². The molecule has 2 nitrogen and oxygen atoms in total. The van der Waals surface area contributed by atoms with Crippen molar-refractivity contribution in [2.75, 3.05) is 11.1 Å². The van der Waals surface area contributed by atoms with Crippen LogP contribution in [0.4, 0.5) is 17.1 Å². The van der Waals surface area contributed by atoms with Crippen LogP contribution in [0.1, 0.15) is 38.7 Å². The lowest BCUT2D eigenvalue weighted by Gasteiger charge is -2.18. The zero-order chi connectivity index (χ0) is 14.5. The van der Waals surface area contributed by atoms with Crippen molar-refractivity contribution in [3.05, 3.63) is 54.1 Å². The molecular weight excluding hydrogens is 244 g/mol. The maximum absolute atomic E-state index is 6.13. The molecule has 0 aromatic heterocycles. The average molecular weight is 268 g/mol. The molecule has 2 aromatic rings. The second-order valence-electron chi connectivity index (χ2n) is 5.87. The predicted molar refractivity (Wildman–Crippen MR) is 88.4 cm³/mol. The second kappa shape index (κ2) is 6.47. The van der Waals surface area contributed by atoms with Gasteiger partial charge >= 0.3 is 0 Å². The third-order valence-electron chi connectivity index (χ3n) is 3.51. The second-order valence-corrected chi connectivity index (χ2v) is 5.87. The third-order valence-corrected chi connectivity index (χ3v) is 3.51. The average Bonchev–Trinajstić information content (AvgIpc) is 2.41. The van der Waals surface area contributed by atoms with E-state index in [1.165, 1.54) is 5.56 Å². The first-order valence-electron chi connectivity index (χ1n) is 7.27. The number of para-hydroxylation sites is 1. The molecule has 0 spiro atoms. The van der Waals surface area contributed by atoms with Gasteiger partial charge in [-0.3, -0.25) is 0 Å². The fourth-order valence-electron chi connectivity index (χ4n) is 2.60. The van der Waals surface area contributed by atoms with Gasteiger partial charge in [0, 0.05) is 17.1 Å². The van der Waals surface area contributed by atoms with Crippen LogP contribution in [0.5, 0.6) is 0 Å². The van der Waals surface area contributed by atoms with Crippen LogP contribution in [0, 0.1) is 5.92 Å². The summed E-state index contributed by atoms with van der Waals surface area (Å²) in [5.41, 5.74) is 10.4. The van der Waals surface area contributed by atoms with Crippen molar-refractivity contribution in [3.8, 4) is 0 Å². The highest BCUT2D eigenvalue weighted by atomic mass is 14.9. The van der Waals surface area contributed by atoms with E-state index in [2.05, 4.69) is 44.3 Å². The quantitative estimate of drug-likeness (QED) is 0.735. The van der Waals surface area contributed by atoms with Crippen LogP contribution in [0.2, 0.25) is 0 Å². The molecule has 20 heavy (non-hydrogen) atoms. The summed E-state index contributed by atoms with van der Waals surface area (Å²) >= 11 is 0. The predicted octanol–water partition coefficient (Wildman–Crippen LogP) is 5.16. The molecule has 2 rings (SSSR count). The van der Waals surface area contributed by atoms with Crippen molar-refractivity contribution >= 4 is 17.1 Å². The van der Waals surface area contributed by atoms with Crippen molar-refractivity contribution in [1.82, 2.24) is 0 Å². The summed E-state index contributed by atoms with van der Waals surface area (Å²) in [6.45, 7) is 6.75. The van der Waals surface area contributed by atoms with Crippen molar-refractivity contribution < 1.29 is 0 Å². The number of hydrogen-bond donors (Lipinski definition) is 2. The Morgan fingerprint density at radius 2 is 1.65 bits per heavy atom. The lowest BCUT2D eigenvalue weighted by Crippen LogP contribution is -2.04. The maximum atomic E-state index is 6.13. The fourth-order valence-corrected chi connectivity index (χ4v) is 2.60. The van der Waals surface area contributed by atoms with E-state index in [0.717, 1.165) is 23.5 Å². The molecule has 0 aliphatic rings. The number of nitrogens with two attached hydrogens (primary N) is 1. The summed E-state index contributed by atoms with van der Waals surface area (Å²) in [5, 5.41) is 3.42. The van der Waals surface area contributed by atoms with Crippen LogP contribution in [-0.2, 0) is 0 Å². The Kier molecular flexibility index (Phi) is 4.67. The lowest BCUT2D eigenvalue weighted by atomic mass is 9.90. The Morgan fingerprint density at radius 1 is 0.950 bits per heavy atom. The highest BCUT2D eigenvalue weighted by Gasteiger charge is 2.11. The van der Waals surface area contributed by atoms with Gasteiger partial charge in [0.15, 0.2) is 0 Å². The molecule has 1 atom stereocenters. The Balaban J connectivity index is 2.20. The molecule has 0 fully saturated rings. The van der Waals surface area contributed by atoms with E-state index < -0.39 is 0 Å². The highest BCUT2D eigenvalue weighted by molar-refractivity contribution is 5.64. The van der Waals surface area contributed by atoms with Gasteiger partial charge in [-0.2, -0.15) is 0 Å². The van der Waals surface area contributed by atoms with E-state index >= 15 is 0 Å². The van der Waals surface area contributed by atoms with Crippen LogP contribution in [0.15, 0.2) is 48.5 Å². The molecule has 0 amide bonds. The topological polar surface area (TPSA) is 38.0 Å². The lowest BCUT2D eigenvalue weighted by molar-refractivity contribution is 0.524. The van der Waals surface area contributed by atoms with Gasteiger partial charge in [0.1, 0.15) is 0 Å². The van der Waals surface area contributed by atoms with Gasteiger partial charge in [-0.25, -0.2) is 0 Å².